The van der Waals surface area contributed by atoms with Crippen LogP contribution in [0.1, 0.15) is 31.9 Å². The summed E-state index contributed by atoms with van der Waals surface area (Å²) in [5.74, 6) is 0. The lowest BCUT2D eigenvalue weighted by atomic mass is 10.1. The molecule has 0 saturated heterocycles. The fourth-order valence-corrected chi connectivity index (χ4v) is 4.42. The summed E-state index contributed by atoms with van der Waals surface area (Å²) in [6.07, 6.45) is 1.06. The predicted octanol–water partition coefficient (Wildman–Crippen LogP) is 4.35. The summed E-state index contributed by atoms with van der Waals surface area (Å²) in [7, 11) is 0. The predicted molar refractivity (Wildman–Crippen MR) is 77.2 cm³/mol. The zero-order valence-corrected chi connectivity index (χ0v) is 13.5. The Labute approximate surface area is 118 Å². The molecule has 1 aromatic heterocycles. The zero-order chi connectivity index (χ0) is 12.0. The van der Waals surface area contributed by atoms with Crippen LogP contribution in [0, 0.1) is 0 Å². The largest absolute Gasteiger partial charge is 0.379 e. The molecule has 92 valence electrons. The van der Waals surface area contributed by atoms with Crippen molar-refractivity contribution < 1.29 is 4.74 Å². The summed E-state index contributed by atoms with van der Waals surface area (Å²) < 4.78 is 7.94. The molecule has 0 spiro atoms. The smallest absolute Gasteiger partial charge is 0.0759 e. The Morgan fingerprint density at radius 2 is 2.19 bits per heavy atom. The second-order valence-corrected chi connectivity index (χ2v) is 7.21. The van der Waals surface area contributed by atoms with Crippen LogP contribution in [0.3, 0.4) is 0 Å². The van der Waals surface area contributed by atoms with E-state index in [9.17, 15) is 0 Å². The minimum Gasteiger partial charge on any atom is -0.379 e. The van der Waals surface area contributed by atoms with Gasteiger partial charge < -0.3 is 10.1 Å². The topological polar surface area (TPSA) is 21.3 Å². The molecule has 0 saturated carbocycles. The van der Waals surface area contributed by atoms with Crippen LogP contribution in [-0.4, -0.2) is 19.8 Å². The molecule has 5 heteroatoms. The van der Waals surface area contributed by atoms with Gasteiger partial charge in [0.25, 0.3) is 0 Å². The number of ether oxygens (including phenoxy) is 1. The van der Waals surface area contributed by atoms with Gasteiger partial charge in [0.2, 0.25) is 0 Å². The van der Waals surface area contributed by atoms with E-state index in [4.69, 9.17) is 4.74 Å². The molecule has 0 bridgehead atoms. The van der Waals surface area contributed by atoms with E-state index in [-0.39, 0.29) is 6.04 Å². The van der Waals surface area contributed by atoms with Gasteiger partial charge >= 0.3 is 0 Å². The molecular formula is C11H17Br2NOS. The highest BCUT2D eigenvalue weighted by molar-refractivity contribution is 9.12. The van der Waals surface area contributed by atoms with Gasteiger partial charge in [-0.05, 0) is 56.5 Å². The third-order valence-electron chi connectivity index (χ3n) is 2.14. The lowest BCUT2D eigenvalue weighted by Crippen LogP contribution is -2.25. The van der Waals surface area contributed by atoms with Crippen molar-refractivity contribution in [2.24, 2.45) is 0 Å². The molecule has 0 fully saturated rings. The average molecular weight is 371 g/mol. The molecule has 0 radical (unpaired) electrons. The first-order valence-electron chi connectivity index (χ1n) is 5.44. The number of halogens is 2. The van der Waals surface area contributed by atoms with Crippen molar-refractivity contribution in [2.45, 2.75) is 26.3 Å². The van der Waals surface area contributed by atoms with E-state index >= 15 is 0 Å². The minimum atomic E-state index is 0.272. The number of rotatable bonds is 7. The Hall–Kier alpha value is 0.580. The average Bonchev–Trinajstić information content (AvgIpc) is 2.57. The third-order valence-corrected chi connectivity index (χ3v) is 4.53. The van der Waals surface area contributed by atoms with Crippen LogP contribution < -0.4 is 5.32 Å². The summed E-state index contributed by atoms with van der Waals surface area (Å²) in [6, 6.07) is 2.42. The maximum absolute atomic E-state index is 5.62. The molecule has 0 aliphatic rings. The number of hydrogen-bond acceptors (Lipinski definition) is 3. The first-order chi connectivity index (χ1) is 7.69. The highest BCUT2D eigenvalue weighted by atomic mass is 79.9. The van der Waals surface area contributed by atoms with Crippen molar-refractivity contribution in [1.82, 2.24) is 5.32 Å². The zero-order valence-electron chi connectivity index (χ0n) is 9.56. The molecular weight excluding hydrogens is 354 g/mol. The van der Waals surface area contributed by atoms with Crippen molar-refractivity contribution in [3.63, 3.8) is 0 Å². The lowest BCUT2D eigenvalue weighted by molar-refractivity contribution is 0.112. The molecule has 0 amide bonds. The number of nitrogens with one attached hydrogen (secondary N) is 1. The van der Waals surface area contributed by atoms with Crippen molar-refractivity contribution in [3.05, 3.63) is 19.2 Å². The van der Waals surface area contributed by atoms with Gasteiger partial charge in [-0.1, -0.05) is 13.8 Å². The number of hydrogen-bond donors (Lipinski definition) is 1. The minimum absolute atomic E-state index is 0.272. The molecule has 0 aliphatic carbocycles. The van der Waals surface area contributed by atoms with Gasteiger partial charge in [-0.15, -0.1) is 11.3 Å². The van der Waals surface area contributed by atoms with Crippen LogP contribution in [0.2, 0.25) is 0 Å². The Morgan fingerprint density at radius 3 is 2.69 bits per heavy atom. The first-order valence-corrected chi connectivity index (χ1v) is 7.85. The van der Waals surface area contributed by atoms with Crippen LogP contribution in [0.5, 0.6) is 0 Å². The number of thiophene rings is 1. The van der Waals surface area contributed by atoms with E-state index in [0.717, 1.165) is 30.0 Å². The standard InChI is InChI=1S/C11H17Br2NOS/c1-3-5-15-7-9(14-4-2)8-6-10(12)16-11(8)13/h6,9,14H,3-5,7H2,1-2H3. The molecule has 1 atom stereocenters. The normalized spacial score (nSPS) is 13.0. The van der Waals surface area contributed by atoms with E-state index in [2.05, 4.69) is 57.1 Å². The summed E-state index contributed by atoms with van der Waals surface area (Å²) in [5, 5.41) is 3.44. The highest BCUT2D eigenvalue weighted by Gasteiger charge is 2.16. The Kier molecular flexibility index (Phi) is 7.16. The van der Waals surface area contributed by atoms with E-state index in [1.165, 1.54) is 9.35 Å². The second-order valence-electron chi connectivity index (χ2n) is 3.46. The molecule has 0 aliphatic heterocycles. The molecule has 1 heterocycles. The lowest BCUT2D eigenvalue weighted by Gasteiger charge is -2.17. The Morgan fingerprint density at radius 1 is 1.44 bits per heavy atom. The fourth-order valence-electron chi connectivity index (χ4n) is 1.44. The van der Waals surface area contributed by atoms with Crippen molar-refractivity contribution in [2.75, 3.05) is 19.8 Å². The van der Waals surface area contributed by atoms with E-state index < -0.39 is 0 Å². The summed E-state index contributed by atoms with van der Waals surface area (Å²) in [5.41, 5.74) is 1.27. The highest BCUT2D eigenvalue weighted by Crippen LogP contribution is 2.35. The van der Waals surface area contributed by atoms with Crippen molar-refractivity contribution in [1.29, 1.82) is 0 Å². The van der Waals surface area contributed by atoms with Crippen LogP contribution in [0.4, 0.5) is 0 Å². The van der Waals surface area contributed by atoms with Crippen LogP contribution in [0.25, 0.3) is 0 Å². The molecule has 1 aromatic rings. The van der Waals surface area contributed by atoms with Gasteiger partial charge in [-0.3, -0.25) is 0 Å². The molecule has 2 nitrogen and oxygen atoms in total. The van der Waals surface area contributed by atoms with Gasteiger partial charge in [0.05, 0.1) is 20.2 Å². The Bertz CT molecular complexity index is 317. The fraction of sp³-hybridized carbons (Fsp3) is 0.636. The van der Waals surface area contributed by atoms with Crippen LogP contribution in [-0.2, 0) is 4.74 Å². The van der Waals surface area contributed by atoms with Crippen LogP contribution in [0.15, 0.2) is 13.6 Å². The van der Waals surface area contributed by atoms with Crippen molar-refractivity contribution >= 4 is 43.2 Å². The van der Waals surface area contributed by atoms with E-state index in [1.807, 2.05) is 0 Å². The van der Waals surface area contributed by atoms with Gasteiger partial charge in [0.1, 0.15) is 0 Å². The summed E-state index contributed by atoms with van der Waals surface area (Å²) in [6.45, 7) is 6.73. The summed E-state index contributed by atoms with van der Waals surface area (Å²) in [4.78, 5) is 0. The number of likely N-dealkylation sites (N-methyl/N-ethyl adjacent to an activating group) is 1. The van der Waals surface area contributed by atoms with Crippen molar-refractivity contribution in [3.8, 4) is 0 Å². The van der Waals surface area contributed by atoms with Gasteiger partial charge in [0, 0.05) is 6.61 Å². The summed E-state index contributed by atoms with van der Waals surface area (Å²) >= 11 is 8.79. The molecule has 1 rings (SSSR count). The second kappa shape index (κ2) is 7.82. The maximum atomic E-state index is 5.62. The molecule has 16 heavy (non-hydrogen) atoms. The third kappa shape index (κ3) is 4.45. The van der Waals surface area contributed by atoms with E-state index in [1.54, 1.807) is 11.3 Å². The van der Waals surface area contributed by atoms with Gasteiger partial charge in [-0.2, -0.15) is 0 Å². The molecule has 1 N–H and O–H groups in total. The maximum Gasteiger partial charge on any atom is 0.0759 e. The molecule has 1 unspecified atom stereocenters. The molecule has 0 aromatic carbocycles. The first kappa shape index (κ1) is 14.6. The van der Waals surface area contributed by atoms with E-state index in [0.29, 0.717) is 0 Å². The monoisotopic (exact) mass is 369 g/mol. The van der Waals surface area contributed by atoms with Crippen LogP contribution >= 0.6 is 43.2 Å². The Balaban J connectivity index is 2.64. The quantitative estimate of drug-likeness (QED) is 0.720. The van der Waals surface area contributed by atoms with Gasteiger partial charge in [-0.25, -0.2) is 0 Å². The SMILES string of the molecule is CCCOCC(NCC)c1cc(Br)sc1Br. The van der Waals surface area contributed by atoms with Gasteiger partial charge in [0.15, 0.2) is 0 Å².